The summed E-state index contributed by atoms with van der Waals surface area (Å²) in [5.74, 6) is 2.00. The molecule has 1 saturated carbocycles. The third-order valence-electron chi connectivity index (χ3n) is 5.52. The van der Waals surface area contributed by atoms with Crippen molar-refractivity contribution in [3.8, 4) is 0 Å². The molecule has 8 nitrogen and oxygen atoms in total. The first-order chi connectivity index (χ1) is 12.1. The van der Waals surface area contributed by atoms with Crippen molar-refractivity contribution in [1.82, 2.24) is 24.0 Å². The van der Waals surface area contributed by atoms with Gasteiger partial charge in [-0.05, 0) is 25.7 Å². The third-order valence-corrected chi connectivity index (χ3v) is 7.89. The summed E-state index contributed by atoms with van der Waals surface area (Å²) < 4.78 is 34.2. The fraction of sp³-hybridized carbons (Fsp3) is 0.875. The number of hydrogen-bond acceptors (Lipinski definition) is 6. The van der Waals surface area contributed by atoms with E-state index in [9.17, 15) is 8.42 Å². The van der Waals surface area contributed by atoms with E-state index in [4.69, 9.17) is 4.74 Å². The van der Waals surface area contributed by atoms with Gasteiger partial charge >= 0.3 is 0 Å². The van der Waals surface area contributed by atoms with Crippen molar-refractivity contribution in [2.24, 2.45) is 7.05 Å². The maximum Gasteiger partial charge on any atom is 0.217 e. The second-order valence-electron chi connectivity index (χ2n) is 7.36. The van der Waals surface area contributed by atoms with E-state index in [1.807, 2.05) is 7.05 Å². The molecule has 4 rings (SSSR count). The van der Waals surface area contributed by atoms with Crippen LogP contribution in [0.3, 0.4) is 0 Å². The van der Waals surface area contributed by atoms with Crippen LogP contribution in [0.25, 0.3) is 0 Å². The van der Waals surface area contributed by atoms with Crippen molar-refractivity contribution in [1.29, 1.82) is 0 Å². The van der Waals surface area contributed by atoms with Gasteiger partial charge in [-0.2, -0.15) is 0 Å². The van der Waals surface area contributed by atoms with Crippen molar-refractivity contribution < 1.29 is 13.2 Å². The summed E-state index contributed by atoms with van der Waals surface area (Å²) in [5.41, 5.74) is 0. The van der Waals surface area contributed by atoms with E-state index < -0.39 is 10.0 Å². The van der Waals surface area contributed by atoms with Crippen LogP contribution >= 0.6 is 0 Å². The molecule has 3 heterocycles. The van der Waals surface area contributed by atoms with Crippen LogP contribution in [-0.4, -0.2) is 77.0 Å². The molecule has 0 spiro atoms. The monoisotopic (exact) mass is 369 g/mol. The molecule has 2 saturated heterocycles. The Balaban J connectivity index is 1.46. The first-order valence-corrected chi connectivity index (χ1v) is 10.7. The zero-order valence-electron chi connectivity index (χ0n) is 14.8. The standard InChI is InChI=1S/C16H27N5O3S/c1-19-15(12-20-7-9-24-10-8-20)17-18-16(19)13-3-2-6-21(11-13)25(22,23)14-4-5-14/h13-14H,2-12H2,1H3/t13-/m0/s1. The van der Waals surface area contributed by atoms with Crippen LogP contribution in [0, 0.1) is 0 Å². The van der Waals surface area contributed by atoms with Crippen molar-refractivity contribution >= 4 is 10.0 Å². The van der Waals surface area contributed by atoms with Gasteiger partial charge in [0.15, 0.2) is 0 Å². The minimum absolute atomic E-state index is 0.136. The molecule has 0 bridgehead atoms. The summed E-state index contributed by atoms with van der Waals surface area (Å²) in [5, 5.41) is 8.66. The summed E-state index contributed by atoms with van der Waals surface area (Å²) in [6, 6.07) is 0. The molecule has 0 aromatic carbocycles. The Morgan fingerprint density at radius 3 is 2.60 bits per heavy atom. The number of nitrogens with zero attached hydrogens (tertiary/aromatic N) is 5. The van der Waals surface area contributed by atoms with E-state index in [0.29, 0.717) is 13.1 Å². The number of rotatable bonds is 5. The van der Waals surface area contributed by atoms with Crippen molar-refractivity contribution in [2.45, 2.75) is 43.4 Å². The molecule has 0 amide bonds. The normalized spacial score (nSPS) is 26.8. The molecule has 1 aromatic rings. The van der Waals surface area contributed by atoms with Gasteiger partial charge in [0, 0.05) is 39.1 Å². The van der Waals surface area contributed by atoms with Crippen LogP contribution in [0.15, 0.2) is 0 Å². The SMILES string of the molecule is Cn1c(CN2CCOCC2)nnc1[C@H]1CCCN(S(=O)(=O)C2CC2)C1. The number of piperidine rings is 1. The topological polar surface area (TPSA) is 80.6 Å². The Kier molecular flexibility index (Phi) is 4.83. The molecule has 0 N–H and O–H groups in total. The lowest BCUT2D eigenvalue weighted by atomic mass is 9.99. The van der Waals surface area contributed by atoms with Gasteiger partial charge in [0.2, 0.25) is 10.0 Å². The van der Waals surface area contributed by atoms with Crippen LogP contribution in [0.1, 0.15) is 43.3 Å². The smallest absolute Gasteiger partial charge is 0.217 e. The lowest BCUT2D eigenvalue weighted by molar-refractivity contribution is 0.0326. The maximum absolute atomic E-state index is 12.5. The van der Waals surface area contributed by atoms with E-state index in [2.05, 4.69) is 19.7 Å². The zero-order chi connectivity index (χ0) is 17.4. The Bertz CT molecular complexity index is 709. The van der Waals surface area contributed by atoms with Crippen LogP contribution < -0.4 is 0 Å². The highest BCUT2D eigenvalue weighted by molar-refractivity contribution is 7.90. The van der Waals surface area contributed by atoms with E-state index in [1.165, 1.54) is 0 Å². The Morgan fingerprint density at radius 2 is 1.88 bits per heavy atom. The molecule has 25 heavy (non-hydrogen) atoms. The average Bonchev–Trinajstić information content (AvgIpc) is 3.43. The van der Waals surface area contributed by atoms with Gasteiger partial charge < -0.3 is 9.30 Å². The largest absolute Gasteiger partial charge is 0.379 e. The summed E-state index contributed by atoms with van der Waals surface area (Å²) in [6.45, 7) is 5.32. The maximum atomic E-state index is 12.5. The fourth-order valence-electron chi connectivity index (χ4n) is 3.79. The summed E-state index contributed by atoms with van der Waals surface area (Å²) in [4.78, 5) is 2.32. The number of ether oxygens (including phenoxy) is 1. The Morgan fingerprint density at radius 1 is 1.12 bits per heavy atom. The number of aromatic nitrogens is 3. The summed E-state index contributed by atoms with van der Waals surface area (Å²) >= 11 is 0. The van der Waals surface area contributed by atoms with Crippen molar-refractivity contribution in [3.63, 3.8) is 0 Å². The molecule has 3 fully saturated rings. The van der Waals surface area contributed by atoms with E-state index in [-0.39, 0.29) is 11.2 Å². The molecule has 1 aliphatic carbocycles. The molecular formula is C16H27N5O3S. The second-order valence-corrected chi connectivity index (χ2v) is 9.58. The molecule has 0 radical (unpaired) electrons. The van der Waals surface area contributed by atoms with Gasteiger partial charge in [-0.15, -0.1) is 10.2 Å². The predicted octanol–water partition coefficient (Wildman–Crippen LogP) is 0.319. The first-order valence-electron chi connectivity index (χ1n) is 9.23. The van der Waals surface area contributed by atoms with Crippen LogP contribution in [0.2, 0.25) is 0 Å². The quantitative estimate of drug-likeness (QED) is 0.744. The lowest BCUT2D eigenvalue weighted by Crippen LogP contribution is -2.41. The van der Waals surface area contributed by atoms with E-state index in [1.54, 1.807) is 4.31 Å². The van der Waals surface area contributed by atoms with Gasteiger partial charge in [-0.1, -0.05) is 0 Å². The second kappa shape index (κ2) is 6.94. The van der Waals surface area contributed by atoms with Crippen LogP contribution in [-0.2, 0) is 28.4 Å². The lowest BCUT2D eigenvalue weighted by Gasteiger charge is -2.31. The van der Waals surface area contributed by atoms with Crippen molar-refractivity contribution in [2.75, 3.05) is 39.4 Å². The molecule has 1 atom stereocenters. The number of morpholine rings is 1. The van der Waals surface area contributed by atoms with Crippen LogP contribution in [0.4, 0.5) is 0 Å². The molecule has 1 aromatic heterocycles. The zero-order valence-corrected chi connectivity index (χ0v) is 15.6. The molecular weight excluding hydrogens is 342 g/mol. The highest BCUT2D eigenvalue weighted by Crippen LogP contribution is 2.35. The molecule has 2 aliphatic heterocycles. The average molecular weight is 369 g/mol. The molecule has 9 heteroatoms. The highest BCUT2D eigenvalue weighted by atomic mass is 32.2. The molecule has 3 aliphatic rings. The molecule has 140 valence electrons. The highest BCUT2D eigenvalue weighted by Gasteiger charge is 2.42. The Hall–Kier alpha value is -1.03. The van der Waals surface area contributed by atoms with Gasteiger partial charge in [-0.3, -0.25) is 4.90 Å². The number of sulfonamides is 1. The van der Waals surface area contributed by atoms with Gasteiger partial charge in [0.05, 0.1) is 25.0 Å². The minimum Gasteiger partial charge on any atom is -0.379 e. The number of hydrogen-bond donors (Lipinski definition) is 0. The fourth-order valence-corrected chi connectivity index (χ4v) is 5.71. The van der Waals surface area contributed by atoms with E-state index >= 15 is 0 Å². The van der Waals surface area contributed by atoms with Gasteiger partial charge in [-0.25, -0.2) is 12.7 Å². The van der Waals surface area contributed by atoms with E-state index in [0.717, 1.165) is 70.2 Å². The third kappa shape index (κ3) is 3.60. The molecule has 0 unspecified atom stereocenters. The van der Waals surface area contributed by atoms with Gasteiger partial charge in [0.1, 0.15) is 11.6 Å². The first kappa shape index (κ1) is 17.4. The van der Waals surface area contributed by atoms with Crippen molar-refractivity contribution in [3.05, 3.63) is 11.6 Å². The van der Waals surface area contributed by atoms with Gasteiger partial charge in [0.25, 0.3) is 0 Å². The summed E-state index contributed by atoms with van der Waals surface area (Å²) in [6.07, 6.45) is 3.50. The summed E-state index contributed by atoms with van der Waals surface area (Å²) in [7, 11) is -1.11. The predicted molar refractivity (Wildman–Crippen MR) is 92.6 cm³/mol. The minimum atomic E-state index is -3.10. The Labute approximate surface area is 149 Å². The van der Waals surface area contributed by atoms with Crippen LogP contribution in [0.5, 0.6) is 0 Å².